The Bertz CT molecular complexity index is 796. The highest BCUT2D eigenvalue weighted by Crippen LogP contribution is 2.47. The Kier molecular flexibility index (Phi) is 18.4. The number of guanidine groups is 1. The number of benzene rings is 1. The fraction of sp³-hybridized carbons (Fsp3) is 0.619. The number of halogens is 5. The van der Waals surface area contributed by atoms with Gasteiger partial charge in [0, 0.05) is 6.54 Å². The maximum atomic E-state index is 10.5. The predicted molar refractivity (Wildman–Crippen MR) is 142 cm³/mol. The van der Waals surface area contributed by atoms with Crippen LogP contribution in [-0.4, -0.2) is 35.0 Å². The molecule has 34 heavy (non-hydrogen) atoms. The second kappa shape index (κ2) is 19.1. The summed E-state index contributed by atoms with van der Waals surface area (Å²) in [6, 6.07) is 0. The van der Waals surface area contributed by atoms with Gasteiger partial charge in [-0.15, -0.1) is 0 Å². The van der Waals surface area contributed by atoms with E-state index in [4.69, 9.17) is 68.8 Å². The lowest BCUT2D eigenvalue weighted by atomic mass is 10.1. The molecule has 1 aromatic carbocycles. The maximum Gasteiger partial charge on any atom is 0.322 e. The van der Waals surface area contributed by atoms with Crippen LogP contribution in [0.1, 0.15) is 71.1 Å². The zero-order chi connectivity index (χ0) is 26.1. The summed E-state index contributed by atoms with van der Waals surface area (Å²) in [5, 5.41) is 20.4. The van der Waals surface area contributed by atoms with Gasteiger partial charge >= 0.3 is 11.7 Å². The molecule has 13 heteroatoms. The van der Waals surface area contributed by atoms with Gasteiger partial charge in [0.05, 0.1) is 20.0 Å². The van der Waals surface area contributed by atoms with Crippen molar-refractivity contribution in [2.75, 3.05) is 13.1 Å². The second-order valence-electron chi connectivity index (χ2n) is 7.37. The van der Waals surface area contributed by atoms with Crippen LogP contribution >= 0.6 is 58.0 Å². The van der Waals surface area contributed by atoms with Crippen molar-refractivity contribution >= 4 is 75.6 Å². The zero-order valence-electron chi connectivity index (χ0n) is 19.0. The van der Waals surface area contributed by atoms with Crippen LogP contribution in [0.3, 0.4) is 0 Å². The van der Waals surface area contributed by atoms with E-state index < -0.39 is 16.6 Å². The minimum atomic E-state index is -0.929. The largest absolute Gasteiger partial charge is 0.480 e. The Morgan fingerprint density at radius 3 is 1.71 bits per heavy atom. The highest BCUT2D eigenvalue weighted by molar-refractivity contribution is 6.56. The molecule has 194 valence electrons. The standard InChI is InChI=1S/C15H31N3O2.C6Cl5NO2/c1-2-3-4-5-6-7-8-9-10-11-12-17-15(16)18-13-14(19)20;7-1-2(8)4(10)6(12(13)14)5(11)3(1)9/h2-13H2,1H3,(H,19,20)(H3,16,17,18);. The lowest BCUT2D eigenvalue weighted by molar-refractivity contribution is -0.384. The van der Waals surface area contributed by atoms with Crippen molar-refractivity contribution in [1.82, 2.24) is 5.32 Å². The van der Waals surface area contributed by atoms with Crippen molar-refractivity contribution in [3.8, 4) is 0 Å². The van der Waals surface area contributed by atoms with E-state index in [1.807, 2.05) is 0 Å². The first-order valence-corrected chi connectivity index (χ1v) is 12.8. The average Bonchev–Trinajstić information content (AvgIpc) is 2.79. The van der Waals surface area contributed by atoms with Gasteiger partial charge in [-0.1, -0.05) is 123 Å². The lowest BCUT2D eigenvalue weighted by Crippen LogP contribution is -2.35. The third-order valence-corrected chi connectivity index (χ3v) is 6.84. The summed E-state index contributed by atoms with van der Waals surface area (Å²) in [4.78, 5) is 24.1. The van der Waals surface area contributed by atoms with Crippen molar-refractivity contribution in [1.29, 1.82) is 0 Å². The molecule has 0 aromatic heterocycles. The number of rotatable bonds is 14. The number of nitrogens with two attached hydrogens (primary N) is 1. The third-order valence-electron chi connectivity index (χ3n) is 4.58. The second-order valence-corrected chi connectivity index (χ2v) is 9.26. The van der Waals surface area contributed by atoms with Crippen LogP contribution in [0.5, 0.6) is 0 Å². The highest BCUT2D eigenvalue weighted by atomic mass is 35.5. The minimum Gasteiger partial charge on any atom is -0.480 e. The Morgan fingerprint density at radius 1 is 0.882 bits per heavy atom. The van der Waals surface area contributed by atoms with E-state index in [9.17, 15) is 14.9 Å². The molecule has 0 aliphatic carbocycles. The molecule has 1 rings (SSSR count). The summed E-state index contributed by atoms with van der Waals surface area (Å²) in [5.74, 6) is -0.703. The van der Waals surface area contributed by atoms with Crippen LogP contribution in [0.2, 0.25) is 25.1 Å². The molecule has 0 atom stereocenters. The topological polar surface area (TPSA) is 131 Å². The fourth-order valence-corrected chi connectivity index (χ4v) is 4.04. The number of carboxylic acids is 1. The van der Waals surface area contributed by atoms with Crippen LogP contribution in [0.25, 0.3) is 0 Å². The Hall–Kier alpha value is -1.19. The number of nitro benzene ring substituents is 1. The molecular formula is C21H31Cl5N4O4. The van der Waals surface area contributed by atoms with E-state index in [1.54, 1.807) is 0 Å². The summed E-state index contributed by atoms with van der Waals surface area (Å²) in [6.45, 7) is 2.74. The average molecular weight is 581 g/mol. The number of hydrogen-bond acceptors (Lipinski definition) is 4. The smallest absolute Gasteiger partial charge is 0.322 e. The first-order valence-electron chi connectivity index (χ1n) is 11.0. The number of aliphatic carboxylic acids is 1. The SMILES string of the molecule is CCCCCCCCCCCCN=C(N)NCC(=O)O.O=[N+]([O-])c1c(Cl)c(Cl)c(Cl)c(Cl)c1Cl. The van der Waals surface area contributed by atoms with Crippen molar-refractivity contribution in [3.63, 3.8) is 0 Å². The summed E-state index contributed by atoms with van der Waals surface area (Å²) in [7, 11) is 0. The summed E-state index contributed by atoms with van der Waals surface area (Å²) in [5.41, 5.74) is 4.97. The molecule has 0 aliphatic rings. The van der Waals surface area contributed by atoms with Crippen LogP contribution in [0.15, 0.2) is 4.99 Å². The van der Waals surface area contributed by atoms with Gasteiger partial charge in [-0.05, 0) is 6.42 Å². The molecule has 8 nitrogen and oxygen atoms in total. The van der Waals surface area contributed by atoms with Crippen LogP contribution < -0.4 is 11.1 Å². The molecule has 0 amide bonds. The monoisotopic (exact) mass is 578 g/mol. The van der Waals surface area contributed by atoms with E-state index in [1.165, 1.54) is 57.8 Å². The molecule has 4 N–H and O–H groups in total. The van der Waals surface area contributed by atoms with Gasteiger partial charge in [0.15, 0.2) is 5.96 Å². The van der Waals surface area contributed by atoms with Crippen molar-refractivity contribution in [3.05, 3.63) is 35.2 Å². The Morgan fingerprint density at radius 2 is 1.29 bits per heavy atom. The summed E-state index contributed by atoms with van der Waals surface area (Å²) < 4.78 is 0. The van der Waals surface area contributed by atoms with E-state index in [0.717, 1.165) is 6.42 Å². The molecule has 0 heterocycles. The molecule has 0 unspecified atom stereocenters. The minimum absolute atomic E-state index is 0.103. The molecule has 0 fully saturated rings. The van der Waals surface area contributed by atoms with E-state index in [2.05, 4.69) is 17.2 Å². The number of nitrogens with one attached hydrogen (secondary N) is 1. The summed E-state index contributed by atoms with van der Waals surface area (Å²) >= 11 is 27.9. The van der Waals surface area contributed by atoms with E-state index in [0.29, 0.717) is 6.54 Å². The molecule has 0 spiro atoms. The predicted octanol–water partition coefficient (Wildman–Crippen LogP) is 7.76. The number of aliphatic imine (C=N–C) groups is 1. The fourth-order valence-electron chi connectivity index (χ4n) is 2.77. The number of hydrogen-bond donors (Lipinski definition) is 3. The first-order chi connectivity index (χ1) is 16.0. The Labute approximate surface area is 225 Å². The van der Waals surface area contributed by atoms with Gasteiger partial charge in [-0.2, -0.15) is 0 Å². The third kappa shape index (κ3) is 13.6. The maximum absolute atomic E-state index is 10.5. The molecule has 0 bridgehead atoms. The van der Waals surface area contributed by atoms with Crippen molar-refractivity contribution in [2.45, 2.75) is 71.1 Å². The van der Waals surface area contributed by atoms with Gasteiger partial charge in [-0.25, -0.2) is 0 Å². The molecule has 0 saturated heterocycles. The Balaban J connectivity index is 0.000000679. The first kappa shape index (κ1) is 32.8. The quantitative estimate of drug-likeness (QED) is 0.0392. The zero-order valence-corrected chi connectivity index (χ0v) is 22.8. The summed E-state index contributed by atoms with van der Waals surface area (Å²) in [6.07, 6.45) is 12.9. The number of carboxylic acid groups (broad SMARTS) is 1. The number of nitro groups is 1. The van der Waals surface area contributed by atoms with E-state index >= 15 is 0 Å². The van der Waals surface area contributed by atoms with Gasteiger partial charge in [0.25, 0.3) is 0 Å². The number of unbranched alkanes of at least 4 members (excludes halogenated alkanes) is 9. The molecule has 1 aromatic rings. The molecule has 0 radical (unpaired) electrons. The van der Waals surface area contributed by atoms with Crippen molar-refractivity contribution < 1.29 is 14.8 Å². The molecule has 0 aliphatic heterocycles. The molecule has 0 saturated carbocycles. The van der Waals surface area contributed by atoms with Crippen LogP contribution in [-0.2, 0) is 4.79 Å². The van der Waals surface area contributed by atoms with E-state index in [-0.39, 0.29) is 37.6 Å². The van der Waals surface area contributed by atoms with Crippen LogP contribution in [0.4, 0.5) is 5.69 Å². The normalized spacial score (nSPS) is 11.1. The lowest BCUT2D eigenvalue weighted by Gasteiger charge is -2.05. The van der Waals surface area contributed by atoms with Gasteiger partial charge in [-0.3, -0.25) is 19.9 Å². The van der Waals surface area contributed by atoms with Crippen LogP contribution in [0, 0.1) is 10.1 Å². The molecular weight excluding hydrogens is 550 g/mol. The van der Waals surface area contributed by atoms with Gasteiger partial charge in [0.1, 0.15) is 16.6 Å². The number of carbonyl (C=O) groups is 1. The highest BCUT2D eigenvalue weighted by Gasteiger charge is 2.27. The van der Waals surface area contributed by atoms with Gasteiger partial charge in [0.2, 0.25) is 0 Å². The van der Waals surface area contributed by atoms with Crippen molar-refractivity contribution in [2.24, 2.45) is 10.7 Å². The van der Waals surface area contributed by atoms with Gasteiger partial charge < -0.3 is 16.2 Å². The number of nitrogens with zero attached hydrogens (tertiary/aromatic N) is 2.